The van der Waals surface area contributed by atoms with E-state index in [1.54, 1.807) is 12.3 Å². The van der Waals surface area contributed by atoms with Gasteiger partial charge in [-0.25, -0.2) is 0 Å². The van der Waals surface area contributed by atoms with Gasteiger partial charge in [0.1, 0.15) is 17.9 Å². The molecule has 9 heteroatoms. The number of methoxy groups -OCH3 is 1. The molecule has 0 aliphatic carbocycles. The maximum atomic E-state index is 12.9. The summed E-state index contributed by atoms with van der Waals surface area (Å²) in [7, 11) is 1.41. The quantitative estimate of drug-likeness (QED) is 0.384. The molecule has 176 valence electrons. The lowest BCUT2D eigenvalue weighted by Crippen LogP contribution is -2.43. The number of furan rings is 1. The van der Waals surface area contributed by atoms with Crippen LogP contribution in [0.25, 0.3) is 33.2 Å². The zero-order valence-electron chi connectivity index (χ0n) is 18.6. The van der Waals surface area contributed by atoms with Crippen molar-refractivity contribution in [3.63, 3.8) is 0 Å². The van der Waals surface area contributed by atoms with E-state index < -0.39 is 18.6 Å². The number of carbonyl (C=O) groups excluding carboxylic acids is 1. The van der Waals surface area contributed by atoms with Crippen molar-refractivity contribution < 1.29 is 27.1 Å². The fourth-order valence-corrected chi connectivity index (χ4v) is 4.43. The van der Waals surface area contributed by atoms with E-state index in [1.165, 1.54) is 7.11 Å². The largest absolute Gasteiger partial charge is 0.496 e. The van der Waals surface area contributed by atoms with E-state index in [9.17, 15) is 18.0 Å². The number of rotatable bonds is 5. The van der Waals surface area contributed by atoms with Crippen molar-refractivity contribution in [1.29, 1.82) is 0 Å². The highest BCUT2D eigenvalue weighted by Gasteiger charge is 2.37. The molecule has 0 N–H and O–H groups in total. The summed E-state index contributed by atoms with van der Waals surface area (Å²) in [5.74, 6) is -0.418. The van der Waals surface area contributed by atoms with E-state index in [0.29, 0.717) is 17.6 Å². The van der Waals surface area contributed by atoms with Gasteiger partial charge in [-0.2, -0.15) is 18.3 Å². The summed E-state index contributed by atoms with van der Waals surface area (Å²) in [4.78, 5) is 13.6. The highest BCUT2D eigenvalue weighted by molar-refractivity contribution is 6.02. The normalized spacial score (nSPS) is 14.0. The molecular weight excluding hydrogens is 447 g/mol. The van der Waals surface area contributed by atoms with Crippen LogP contribution in [-0.4, -0.2) is 47.0 Å². The highest BCUT2D eigenvalue weighted by atomic mass is 19.4. The molecule has 1 aliphatic rings. The number of ether oxygens (including phenoxy) is 1. The van der Waals surface area contributed by atoms with Gasteiger partial charge in [0, 0.05) is 35.8 Å². The number of hydrogen-bond donors (Lipinski definition) is 0. The van der Waals surface area contributed by atoms with Crippen LogP contribution in [0.3, 0.4) is 0 Å². The van der Waals surface area contributed by atoms with Gasteiger partial charge >= 0.3 is 6.18 Å². The summed E-state index contributed by atoms with van der Waals surface area (Å²) in [6.07, 6.45) is 1.28. The summed E-state index contributed by atoms with van der Waals surface area (Å²) in [5.41, 5.74) is 5.10. The summed E-state index contributed by atoms with van der Waals surface area (Å²) in [5, 5.41) is 5.20. The van der Waals surface area contributed by atoms with E-state index in [-0.39, 0.29) is 17.9 Å². The predicted molar refractivity (Wildman–Crippen MR) is 121 cm³/mol. The van der Waals surface area contributed by atoms with Crippen LogP contribution in [0.15, 0.2) is 53.4 Å². The first kappa shape index (κ1) is 22.1. The molecule has 0 saturated heterocycles. The van der Waals surface area contributed by atoms with Crippen LogP contribution in [0.2, 0.25) is 0 Å². The van der Waals surface area contributed by atoms with Crippen LogP contribution >= 0.6 is 0 Å². The Labute approximate surface area is 193 Å². The Morgan fingerprint density at radius 3 is 2.68 bits per heavy atom. The number of hydrogen-bond acceptors (Lipinski definition) is 4. The van der Waals surface area contributed by atoms with Gasteiger partial charge < -0.3 is 14.1 Å². The number of alkyl halides is 3. The maximum absolute atomic E-state index is 12.9. The number of aryl methyl sites for hydroxylation is 1. The number of fused-ring (bicyclic) bond motifs is 2. The molecule has 34 heavy (non-hydrogen) atoms. The third-order valence-electron chi connectivity index (χ3n) is 6.10. The number of benzene rings is 2. The third kappa shape index (κ3) is 3.91. The molecule has 0 unspecified atom stereocenters. The molecule has 6 nitrogen and oxygen atoms in total. The van der Waals surface area contributed by atoms with Gasteiger partial charge in [0.25, 0.3) is 5.91 Å². The monoisotopic (exact) mass is 469 g/mol. The maximum Gasteiger partial charge on any atom is 0.406 e. The second-order valence-electron chi connectivity index (χ2n) is 8.25. The Balaban J connectivity index is 1.52. The molecule has 4 aromatic rings. The molecule has 0 atom stereocenters. The number of halogens is 3. The number of carbonyl (C=O) groups is 1. The first-order chi connectivity index (χ1) is 16.3. The van der Waals surface area contributed by atoms with Crippen LogP contribution in [0.4, 0.5) is 13.2 Å². The summed E-state index contributed by atoms with van der Waals surface area (Å²) < 4.78 is 51.8. The second kappa shape index (κ2) is 8.23. The van der Waals surface area contributed by atoms with Crippen molar-refractivity contribution in [2.75, 3.05) is 20.2 Å². The molecular formula is C25H22F3N3O3. The predicted octanol–water partition coefficient (Wildman–Crippen LogP) is 5.55. The lowest BCUT2D eigenvalue weighted by molar-refractivity contribution is -0.141. The molecule has 3 heterocycles. The number of nitrogens with zero attached hydrogens (tertiary/aromatic N) is 3. The van der Waals surface area contributed by atoms with Gasteiger partial charge in [-0.05, 0) is 54.3 Å². The van der Waals surface area contributed by atoms with Crippen molar-refractivity contribution in [2.24, 2.45) is 0 Å². The minimum atomic E-state index is -4.45. The molecule has 0 radical (unpaired) electrons. The Hall–Kier alpha value is -3.75. The van der Waals surface area contributed by atoms with Crippen LogP contribution < -0.4 is 4.74 Å². The number of amides is 1. The van der Waals surface area contributed by atoms with Crippen LogP contribution in [-0.2, 0) is 13.0 Å². The highest BCUT2D eigenvalue weighted by Crippen LogP contribution is 2.39. The van der Waals surface area contributed by atoms with Gasteiger partial charge in [-0.1, -0.05) is 6.07 Å². The number of aromatic nitrogens is 2. The molecule has 2 aromatic heterocycles. The Morgan fingerprint density at radius 2 is 1.97 bits per heavy atom. The SMILES string of the molecule is CCn1cc(-c2ccc3c(-c4cc5c(c(OC)c4)C(=O)N(CC(F)(F)F)CC5)coc3c2)cn1. The molecule has 1 amide bonds. The average molecular weight is 469 g/mol. The van der Waals surface area contributed by atoms with Crippen LogP contribution in [0.1, 0.15) is 22.8 Å². The summed E-state index contributed by atoms with van der Waals surface area (Å²) >= 11 is 0. The summed E-state index contributed by atoms with van der Waals surface area (Å²) in [6.45, 7) is 1.53. The van der Waals surface area contributed by atoms with Gasteiger partial charge in [0.15, 0.2) is 0 Å². The van der Waals surface area contributed by atoms with Crippen LogP contribution in [0.5, 0.6) is 5.75 Å². The van der Waals surface area contributed by atoms with E-state index in [0.717, 1.165) is 39.1 Å². The van der Waals surface area contributed by atoms with E-state index in [4.69, 9.17) is 9.15 Å². The van der Waals surface area contributed by atoms with E-state index in [1.807, 2.05) is 48.3 Å². The third-order valence-corrected chi connectivity index (χ3v) is 6.10. The molecule has 5 rings (SSSR count). The van der Waals surface area contributed by atoms with Crippen molar-refractivity contribution in [2.45, 2.75) is 26.1 Å². The van der Waals surface area contributed by atoms with Crippen molar-refractivity contribution in [3.05, 3.63) is 60.1 Å². The molecule has 0 saturated carbocycles. The van der Waals surface area contributed by atoms with Gasteiger partial charge in [0.05, 0.1) is 25.1 Å². The smallest absolute Gasteiger partial charge is 0.406 e. The standard InChI is InChI=1S/C25H22F3N3O3/c1-3-31-12-18(11-29-31)15-4-5-19-20(13-34-21(19)9-15)17-8-16-6-7-30(14-25(26,27)28)24(32)23(16)22(10-17)33-2/h4-5,8-13H,3,6-7,14H2,1-2H3. The molecule has 0 spiro atoms. The van der Waals surface area contributed by atoms with Gasteiger partial charge in [-0.15, -0.1) is 0 Å². The van der Waals surface area contributed by atoms with Crippen LogP contribution in [0, 0.1) is 0 Å². The first-order valence-electron chi connectivity index (χ1n) is 10.9. The van der Waals surface area contributed by atoms with E-state index in [2.05, 4.69) is 5.10 Å². The minimum absolute atomic E-state index is 0.00110. The summed E-state index contributed by atoms with van der Waals surface area (Å²) in [6, 6.07) is 9.42. The Kier molecular flexibility index (Phi) is 5.34. The minimum Gasteiger partial charge on any atom is -0.496 e. The zero-order valence-corrected chi connectivity index (χ0v) is 18.6. The average Bonchev–Trinajstić information content (AvgIpc) is 3.46. The molecule has 0 fully saturated rings. The lowest BCUT2D eigenvalue weighted by Gasteiger charge is -2.30. The van der Waals surface area contributed by atoms with Gasteiger partial charge in [-0.3, -0.25) is 9.48 Å². The van der Waals surface area contributed by atoms with Gasteiger partial charge in [0.2, 0.25) is 0 Å². The van der Waals surface area contributed by atoms with E-state index >= 15 is 0 Å². The lowest BCUT2D eigenvalue weighted by atomic mass is 9.92. The second-order valence-corrected chi connectivity index (χ2v) is 8.25. The fraction of sp³-hybridized carbons (Fsp3) is 0.280. The zero-order chi connectivity index (χ0) is 24.0. The Morgan fingerprint density at radius 1 is 1.15 bits per heavy atom. The molecule has 0 bridgehead atoms. The Bertz CT molecular complexity index is 1370. The first-order valence-corrected chi connectivity index (χ1v) is 10.9. The van der Waals surface area contributed by atoms with Crippen molar-refractivity contribution >= 4 is 16.9 Å². The fourth-order valence-electron chi connectivity index (χ4n) is 4.43. The topological polar surface area (TPSA) is 60.5 Å². The van der Waals surface area contributed by atoms with Crippen molar-refractivity contribution in [1.82, 2.24) is 14.7 Å². The molecule has 2 aromatic carbocycles. The van der Waals surface area contributed by atoms with Crippen molar-refractivity contribution in [3.8, 4) is 28.0 Å². The molecule has 1 aliphatic heterocycles.